The fourth-order valence-corrected chi connectivity index (χ4v) is 2.90. The van der Waals surface area contributed by atoms with Gasteiger partial charge in [0.15, 0.2) is 0 Å². The van der Waals surface area contributed by atoms with E-state index in [2.05, 4.69) is 5.10 Å². The predicted molar refractivity (Wildman–Crippen MR) is 77.7 cm³/mol. The zero-order valence-corrected chi connectivity index (χ0v) is 12.0. The molecule has 3 rings (SSSR count). The Kier molecular flexibility index (Phi) is 3.49. The first-order valence-electron chi connectivity index (χ1n) is 6.71. The molecule has 1 amide bonds. The molecule has 0 radical (unpaired) electrons. The van der Waals surface area contributed by atoms with Crippen molar-refractivity contribution in [3.63, 3.8) is 0 Å². The number of rotatable bonds is 2. The van der Waals surface area contributed by atoms with E-state index in [4.69, 9.17) is 11.6 Å². The largest absolute Gasteiger partial charge is 0.330 e. The molecule has 0 spiro atoms. The second-order valence-corrected chi connectivity index (χ2v) is 5.48. The van der Waals surface area contributed by atoms with Crippen LogP contribution in [-0.2, 0) is 7.05 Å². The number of benzene rings is 1. The van der Waals surface area contributed by atoms with Crippen LogP contribution in [0.2, 0.25) is 5.02 Å². The fraction of sp³-hybridized carbons (Fsp3) is 0.333. The molecule has 1 atom stereocenters. The first-order valence-corrected chi connectivity index (χ1v) is 7.09. The molecule has 0 N–H and O–H groups in total. The van der Waals surface area contributed by atoms with E-state index in [1.54, 1.807) is 24.0 Å². The molecule has 1 aliphatic heterocycles. The van der Waals surface area contributed by atoms with Gasteiger partial charge in [-0.15, -0.1) is 0 Å². The quantitative estimate of drug-likeness (QED) is 0.852. The van der Waals surface area contributed by atoms with Gasteiger partial charge in [0.25, 0.3) is 5.91 Å². The molecular weight excluding hydrogens is 274 g/mol. The summed E-state index contributed by atoms with van der Waals surface area (Å²) in [5, 5.41) is 4.79. The zero-order chi connectivity index (χ0) is 14.1. The van der Waals surface area contributed by atoms with Crippen molar-refractivity contribution in [1.29, 1.82) is 0 Å². The lowest BCUT2D eigenvalue weighted by Crippen LogP contribution is -2.31. The maximum absolute atomic E-state index is 12.6. The van der Waals surface area contributed by atoms with Crippen LogP contribution in [0.25, 0.3) is 0 Å². The van der Waals surface area contributed by atoms with Gasteiger partial charge >= 0.3 is 0 Å². The van der Waals surface area contributed by atoms with Crippen molar-refractivity contribution in [3.05, 3.63) is 52.8 Å². The van der Waals surface area contributed by atoms with E-state index in [-0.39, 0.29) is 11.9 Å². The summed E-state index contributed by atoms with van der Waals surface area (Å²) in [5.41, 5.74) is 1.77. The minimum Gasteiger partial charge on any atom is -0.330 e. The summed E-state index contributed by atoms with van der Waals surface area (Å²) in [6.45, 7) is 0.789. The number of hydrogen-bond acceptors (Lipinski definition) is 2. The van der Waals surface area contributed by atoms with Crippen molar-refractivity contribution in [2.45, 2.75) is 18.9 Å². The van der Waals surface area contributed by atoms with Crippen molar-refractivity contribution in [1.82, 2.24) is 14.7 Å². The third-order valence-corrected chi connectivity index (χ3v) is 4.06. The second-order valence-electron chi connectivity index (χ2n) is 5.05. The number of nitrogens with zero attached hydrogens (tertiary/aromatic N) is 3. The molecule has 4 nitrogen and oxygen atoms in total. The average Bonchev–Trinajstić information content (AvgIpc) is 3.07. The van der Waals surface area contributed by atoms with Gasteiger partial charge in [0.05, 0.1) is 6.04 Å². The Bertz CT molecular complexity index is 620. The van der Waals surface area contributed by atoms with Crippen molar-refractivity contribution in [3.8, 4) is 0 Å². The number of aryl methyl sites for hydroxylation is 1. The summed E-state index contributed by atoms with van der Waals surface area (Å²) in [5.74, 6) is 0.0439. The van der Waals surface area contributed by atoms with E-state index in [9.17, 15) is 4.79 Å². The van der Waals surface area contributed by atoms with Gasteiger partial charge in [0.1, 0.15) is 5.69 Å². The average molecular weight is 290 g/mol. The lowest BCUT2D eigenvalue weighted by atomic mass is 10.0. The molecule has 2 heterocycles. The van der Waals surface area contributed by atoms with Gasteiger partial charge in [-0.3, -0.25) is 9.48 Å². The fourth-order valence-electron chi connectivity index (χ4n) is 2.77. The molecule has 5 heteroatoms. The zero-order valence-electron chi connectivity index (χ0n) is 11.3. The number of hydrogen-bond donors (Lipinski definition) is 0. The van der Waals surface area contributed by atoms with E-state index in [1.807, 2.05) is 29.2 Å². The highest BCUT2D eigenvalue weighted by molar-refractivity contribution is 6.30. The highest BCUT2D eigenvalue weighted by Crippen LogP contribution is 2.33. The number of carbonyl (C=O) groups is 1. The van der Waals surface area contributed by atoms with Crippen LogP contribution in [0, 0.1) is 0 Å². The third-order valence-electron chi connectivity index (χ3n) is 3.81. The summed E-state index contributed by atoms with van der Waals surface area (Å²) in [7, 11) is 1.79. The first kappa shape index (κ1) is 13.2. The van der Waals surface area contributed by atoms with Gasteiger partial charge in [0.2, 0.25) is 0 Å². The molecule has 2 aromatic rings. The molecule has 1 saturated heterocycles. The Morgan fingerprint density at radius 2 is 2.05 bits per heavy atom. The van der Waals surface area contributed by atoms with Crippen molar-refractivity contribution in [2.24, 2.45) is 7.05 Å². The van der Waals surface area contributed by atoms with Crippen LogP contribution in [0.5, 0.6) is 0 Å². The van der Waals surface area contributed by atoms with Gasteiger partial charge in [-0.2, -0.15) is 5.10 Å². The SMILES string of the molecule is Cn1nccc1C(=O)N1CCC[C@H]1c1ccc(Cl)cc1. The Morgan fingerprint density at radius 3 is 2.70 bits per heavy atom. The molecule has 0 unspecified atom stereocenters. The van der Waals surface area contributed by atoms with Crippen molar-refractivity contribution >= 4 is 17.5 Å². The topological polar surface area (TPSA) is 38.1 Å². The second kappa shape index (κ2) is 5.29. The van der Waals surface area contributed by atoms with E-state index >= 15 is 0 Å². The summed E-state index contributed by atoms with van der Waals surface area (Å²) < 4.78 is 1.62. The highest BCUT2D eigenvalue weighted by Gasteiger charge is 2.31. The maximum atomic E-state index is 12.6. The number of carbonyl (C=O) groups excluding carboxylic acids is 1. The Balaban J connectivity index is 1.87. The van der Waals surface area contributed by atoms with Gasteiger partial charge in [-0.05, 0) is 36.6 Å². The van der Waals surface area contributed by atoms with Crippen molar-refractivity contribution in [2.75, 3.05) is 6.54 Å². The van der Waals surface area contributed by atoms with Crippen LogP contribution in [0.3, 0.4) is 0 Å². The summed E-state index contributed by atoms with van der Waals surface area (Å²) >= 11 is 5.93. The number of likely N-dealkylation sites (tertiary alicyclic amines) is 1. The van der Waals surface area contributed by atoms with Gasteiger partial charge in [0, 0.05) is 24.8 Å². The molecule has 0 saturated carbocycles. The standard InChI is InChI=1S/C15H16ClN3O/c1-18-14(8-9-17-18)15(20)19-10-2-3-13(19)11-4-6-12(16)7-5-11/h4-9,13H,2-3,10H2,1H3/t13-/m0/s1. The Labute approximate surface area is 123 Å². The van der Waals surface area contributed by atoms with Crippen LogP contribution in [0.1, 0.15) is 34.9 Å². The van der Waals surface area contributed by atoms with Crippen LogP contribution < -0.4 is 0 Å². The smallest absolute Gasteiger partial charge is 0.272 e. The molecule has 1 aromatic heterocycles. The van der Waals surface area contributed by atoms with E-state index in [0.29, 0.717) is 5.69 Å². The van der Waals surface area contributed by atoms with Crippen LogP contribution >= 0.6 is 11.6 Å². The number of halogens is 1. The van der Waals surface area contributed by atoms with Crippen molar-refractivity contribution < 1.29 is 4.79 Å². The minimum absolute atomic E-state index is 0.0439. The van der Waals surface area contributed by atoms with E-state index < -0.39 is 0 Å². The highest BCUT2D eigenvalue weighted by atomic mass is 35.5. The van der Waals surface area contributed by atoms with Crippen LogP contribution in [0.4, 0.5) is 0 Å². The monoisotopic (exact) mass is 289 g/mol. The normalized spacial score (nSPS) is 18.5. The summed E-state index contributed by atoms with van der Waals surface area (Å²) in [4.78, 5) is 14.5. The van der Waals surface area contributed by atoms with Gasteiger partial charge in [-0.25, -0.2) is 0 Å². The predicted octanol–water partition coefficient (Wildman–Crippen LogP) is 3.05. The molecule has 0 aliphatic carbocycles. The van der Waals surface area contributed by atoms with Gasteiger partial charge < -0.3 is 4.90 Å². The lowest BCUT2D eigenvalue weighted by Gasteiger charge is -2.25. The summed E-state index contributed by atoms with van der Waals surface area (Å²) in [6, 6.07) is 9.65. The Morgan fingerprint density at radius 1 is 1.30 bits per heavy atom. The molecule has 1 aliphatic rings. The summed E-state index contributed by atoms with van der Waals surface area (Å²) in [6.07, 6.45) is 3.67. The first-order chi connectivity index (χ1) is 9.66. The van der Waals surface area contributed by atoms with Crippen LogP contribution in [-0.4, -0.2) is 27.1 Å². The lowest BCUT2D eigenvalue weighted by molar-refractivity contribution is 0.0724. The van der Waals surface area contributed by atoms with Crippen LogP contribution in [0.15, 0.2) is 36.5 Å². The molecule has 104 valence electrons. The van der Waals surface area contributed by atoms with E-state index in [1.165, 1.54) is 0 Å². The third kappa shape index (κ3) is 2.31. The number of aromatic nitrogens is 2. The number of amides is 1. The Hall–Kier alpha value is -1.81. The molecule has 20 heavy (non-hydrogen) atoms. The maximum Gasteiger partial charge on any atom is 0.272 e. The van der Waals surface area contributed by atoms with Gasteiger partial charge in [-0.1, -0.05) is 23.7 Å². The molecule has 0 bridgehead atoms. The minimum atomic E-state index is 0.0439. The molecule has 1 aromatic carbocycles. The molecular formula is C15H16ClN3O. The van der Waals surface area contributed by atoms with E-state index in [0.717, 1.165) is 30.0 Å². The molecule has 1 fully saturated rings.